The summed E-state index contributed by atoms with van der Waals surface area (Å²) in [6.45, 7) is 4.65. The Hall–Kier alpha value is -2.37. The van der Waals surface area contributed by atoms with Crippen LogP contribution >= 0.6 is 0 Å². The Labute approximate surface area is 134 Å². The van der Waals surface area contributed by atoms with E-state index in [1.165, 1.54) is 0 Å². The van der Waals surface area contributed by atoms with Gasteiger partial charge in [-0.25, -0.2) is 4.98 Å². The molecular weight excluding hydrogens is 294 g/mol. The maximum atomic E-state index is 12.0. The molecule has 1 atom stereocenters. The molecule has 0 radical (unpaired) electrons. The molecule has 0 spiro atoms. The fraction of sp³-hybridized carbons (Fsp3) is 0.471. The van der Waals surface area contributed by atoms with Crippen LogP contribution in [-0.2, 0) is 16.1 Å². The van der Waals surface area contributed by atoms with Crippen LogP contribution in [0.4, 0.5) is 0 Å². The Balaban J connectivity index is 1.41. The molecule has 1 N–H and O–H groups in total. The van der Waals surface area contributed by atoms with Gasteiger partial charge in [0.25, 0.3) is 5.91 Å². The Morgan fingerprint density at radius 1 is 1.39 bits per heavy atom. The number of para-hydroxylation sites is 2. The summed E-state index contributed by atoms with van der Waals surface area (Å²) in [6.07, 6.45) is 1.54. The second-order valence-electron chi connectivity index (χ2n) is 6.01. The molecule has 2 aromatic rings. The van der Waals surface area contributed by atoms with E-state index in [0.29, 0.717) is 31.2 Å². The zero-order chi connectivity index (χ0) is 16.2. The van der Waals surface area contributed by atoms with E-state index in [2.05, 4.69) is 15.5 Å². The molecule has 6 heteroatoms. The van der Waals surface area contributed by atoms with Crippen LogP contribution in [0.15, 0.2) is 33.8 Å². The van der Waals surface area contributed by atoms with Crippen LogP contribution < -0.4 is 5.32 Å². The molecule has 23 heavy (non-hydrogen) atoms. The van der Waals surface area contributed by atoms with Crippen molar-refractivity contribution < 1.29 is 14.0 Å². The number of amides is 1. The van der Waals surface area contributed by atoms with Crippen molar-refractivity contribution in [1.29, 1.82) is 0 Å². The quantitative estimate of drug-likeness (QED) is 0.831. The minimum Gasteiger partial charge on any atom is -0.441 e. The van der Waals surface area contributed by atoms with Crippen molar-refractivity contribution in [3.63, 3.8) is 0 Å². The Morgan fingerprint density at radius 3 is 2.96 bits per heavy atom. The Bertz CT molecular complexity index is 688. The summed E-state index contributed by atoms with van der Waals surface area (Å²) < 4.78 is 5.65. The highest BCUT2D eigenvalue weighted by molar-refractivity contribution is 5.93. The summed E-state index contributed by atoms with van der Waals surface area (Å²) in [7, 11) is 0. The predicted octanol–water partition coefficient (Wildman–Crippen LogP) is 2.68. The number of nitrogens with zero attached hydrogens (tertiary/aromatic N) is 2. The summed E-state index contributed by atoms with van der Waals surface area (Å²) in [6, 6.07) is 7.68. The number of aromatic nitrogens is 1. The van der Waals surface area contributed by atoms with Crippen LogP contribution in [-0.4, -0.2) is 29.3 Å². The van der Waals surface area contributed by atoms with Gasteiger partial charge in [0.15, 0.2) is 11.5 Å². The second-order valence-corrected chi connectivity index (χ2v) is 6.01. The fourth-order valence-electron chi connectivity index (χ4n) is 2.47. The monoisotopic (exact) mass is 315 g/mol. The molecule has 1 aromatic carbocycles. The van der Waals surface area contributed by atoms with Crippen LogP contribution in [0, 0.1) is 5.92 Å². The molecule has 3 rings (SSSR count). The maximum Gasteiger partial charge on any atom is 0.264 e. The van der Waals surface area contributed by atoms with Crippen LogP contribution in [0.2, 0.25) is 0 Å². The average molecular weight is 315 g/mol. The van der Waals surface area contributed by atoms with E-state index in [1.54, 1.807) is 0 Å². The smallest absolute Gasteiger partial charge is 0.264 e. The number of oxazole rings is 1. The van der Waals surface area contributed by atoms with E-state index >= 15 is 0 Å². The summed E-state index contributed by atoms with van der Waals surface area (Å²) in [4.78, 5) is 21.6. The molecule has 1 unspecified atom stereocenters. The van der Waals surface area contributed by atoms with Gasteiger partial charge in [-0.1, -0.05) is 31.1 Å². The normalized spacial score (nSPS) is 17.3. The highest BCUT2D eigenvalue weighted by Crippen LogP contribution is 2.17. The molecule has 0 bridgehead atoms. The fourth-order valence-corrected chi connectivity index (χ4v) is 2.47. The van der Waals surface area contributed by atoms with E-state index in [4.69, 9.17) is 9.25 Å². The number of benzene rings is 1. The van der Waals surface area contributed by atoms with E-state index in [1.807, 2.05) is 38.1 Å². The lowest BCUT2D eigenvalue weighted by Gasteiger charge is -2.09. The van der Waals surface area contributed by atoms with Crippen LogP contribution in [0.1, 0.15) is 32.6 Å². The molecule has 2 heterocycles. The third-order valence-corrected chi connectivity index (χ3v) is 3.86. The molecule has 0 saturated heterocycles. The Kier molecular flexibility index (Phi) is 4.60. The highest BCUT2D eigenvalue weighted by atomic mass is 16.6. The van der Waals surface area contributed by atoms with E-state index in [-0.39, 0.29) is 5.91 Å². The van der Waals surface area contributed by atoms with Crippen molar-refractivity contribution in [1.82, 2.24) is 10.3 Å². The lowest BCUT2D eigenvalue weighted by molar-refractivity contribution is -0.131. The van der Waals surface area contributed by atoms with Crippen molar-refractivity contribution in [2.45, 2.75) is 39.2 Å². The first-order valence-corrected chi connectivity index (χ1v) is 7.98. The topological polar surface area (TPSA) is 76.7 Å². The lowest BCUT2D eigenvalue weighted by Crippen LogP contribution is -2.35. The highest BCUT2D eigenvalue weighted by Gasteiger charge is 2.28. The van der Waals surface area contributed by atoms with Crippen molar-refractivity contribution in [2.24, 2.45) is 11.1 Å². The summed E-state index contributed by atoms with van der Waals surface area (Å²) >= 11 is 0. The van der Waals surface area contributed by atoms with Gasteiger partial charge >= 0.3 is 0 Å². The number of hydrogen-bond donors (Lipinski definition) is 1. The third-order valence-electron chi connectivity index (χ3n) is 3.86. The molecule has 1 amide bonds. The van der Waals surface area contributed by atoms with Gasteiger partial charge in [0, 0.05) is 19.4 Å². The van der Waals surface area contributed by atoms with Gasteiger partial charge in [-0.15, -0.1) is 0 Å². The first-order valence-electron chi connectivity index (χ1n) is 7.98. The minimum absolute atomic E-state index is 0.109. The predicted molar refractivity (Wildman–Crippen MR) is 87.1 cm³/mol. The van der Waals surface area contributed by atoms with Crippen molar-refractivity contribution >= 4 is 22.7 Å². The lowest BCUT2D eigenvalue weighted by atomic mass is 10.0. The standard InChI is InChI=1S/C17H21N3O3/c1-11(2)13-10-15(23-20-13)17(21)18-9-5-8-16-19-12-6-3-4-7-14(12)22-16/h3-4,6-7,11,15H,5,8-10H2,1-2H3,(H,18,21). The zero-order valence-corrected chi connectivity index (χ0v) is 13.4. The van der Waals surface area contributed by atoms with Gasteiger partial charge in [-0.2, -0.15) is 0 Å². The number of fused-ring (bicyclic) bond motifs is 1. The first kappa shape index (κ1) is 15.5. The number of hydrogen-bond acceptors (Lipinski definition) is 5. The van der Waals surface area contributed by atoms with E-state index in [9.17, 15) is 4.79 Å². The largest absolute Gasteiger partial charge is 0.441 e. The van der Waals surface area contributed by atoms with Gasteiger partial charge in [0.05, 0.1) is 5.71 Å². The molecule has 0 saturated carbocycles. The summed E-state index contributed by atoms with van der Waals surface area (Å²) in [5, 5.41) is 6.85. The molecule has 122 valence electrons. The first-order chi connectivity index (χ1) is 11.1. The van der Waals surface area contributed by atoms with Crippen molar-refractivity contribution in [2.75, 3.05) is 6.54 Å². The van der Waals surface area contributed by atoms with Gasteiger partial charge in [0.2, 0.25) is 6.10 Å². The van der Waals surface area contributed by atoms with Crippen LogP contribution in [0.25, 0.3) is 11.1 Å². The molecule has 0 fully saturated rings. The van der Waals surface area contributed by atoms with Gasteiger partial charge in [-0.3, -0.25) is 4.79 Å². The maximum absolute atomic E-state index is 12.0. The number of carbonyl (C=O) groups excluding carboxylic acids is 1. The van der Waals surface area contributed by atoms with Crippen LogP contribution in [0.5, 0.6) is 0 Å². The number of rotatable bonds is 6. The zero-order valence-electron chi connectivity index (χ0n) is 13.4. The molecule has 1 aliphatic heterocycles. The summed E-state index contributed by atoms with van der Waals surface area (Å²) in [5.41, 5.74) is 2.60. The number of carbonyl (C=O) groups is 1. The minimum atomic E-state index is -0.489. The van der Waals surface area contributed by atoms with Gasteiger partial charge in [0.1, 0.15) is 5.52 Å². The van der Waals surface area contributed by atoms with Gasteiger partial charge in [-0.05, 0) is 24.5 Å². The molecule has 6 nitrogen and oxygen atoms in total. The second kappa shape index (κ2) is 6.81. The molecule has 0 aliphatic carbocycles. The molecule has 1 aromatic heterocycles. The number of oxime groups is 1. The molecular formula is C17H21N3O3. The SMILES string of the molecule is CC(C)C1=NOC(C(=O)NCCCc2nc3ccccc3o2)C1. The number of nitrogens with one attached hydrogen (secondary N) is 1. The van der Waals surface area contributed by atoms with E-state index < -0.39 is 6.10 Å². The Morgan fingerprint density at radius 2 is 2.22 bits per heavy atom. The van der Waals surface area contributed by atoms with E-state index in [0.717, 1.165) is 23.2 Å². The summed E-state index contributed by atoms with van der Waals surface area (Å²) in [5.74, 6) is 0.900. The average Bonchev–Trinajstić information content (AvgIpc) is 3.17. The van der Waals surface area contributed by atoms with Crippen molar-refractivity contribution in [3.05, 3.63) is 30.2 Å². The molecule has 1 aliphatic rings. The third kappa shape index (κ3) is 3.70. The van der Waals surface area contributed by atoms with Gasteiger partial charge < -0.3 is 14.6 Å². The van der Waals surface area contributed by atoms with Crippen LogP contribution in [0.3, 0.4) is 0 Å². The van der Waals surface area contributed by atoms with Crippen molar-refractivity contribution in [3.8, 4) is 0 Å². The number of aryl methyl sites for hydroxylation is 1.